The number of carbonyl (C=O) groups excluding carboxylic acids is 2. The summed E-state index contributed by atoms with van der Waals surface area (Å²) >= 11 is 0. The van der Waals surface area contributed by atoms with E-state index in [9.17, 15) is 14.9 Å². The van der Waals surface area contributed by atoms with Gasteiger partial charge in [0, 0.05) is 13.6 Å². The lowest BCUT2D eigenvalue weighted by Crippen LogP contribution is -2.42. The van der Waals surface area contributed by atoms with Crippen LogP contribution in [-0.4, -0.2) is 36.9 Å². The van der Waals surface area contributed by atoms with E-state index in [-0.39, 0.29) is 18.4 Å². The lowest BCUT2D eigenvalue weighted by Gasteiger charge is -2.22. The summed E-state index contributed by atoms with van der Waals surface area (Å²) in [6.07, 6.45) is 0.362. The Bertz CT molecular complexity index is 494. The molecule has 5 heteroatoms. The molecule has 0 aliphatic rings. The predicted octanol–water partition coefficient (Wildman–Crippen LogP) is 0.963. The summed E-state index contributed by atoms with van der Waals surface area (Å²) in [7, 11) is 1.52. The largest absolute Gasteiger partial charge is 0.358 e. The monoisotopic (exact) mass is 273 g/mol. The zero-order valence-corrected chi connectivity index (χ0v) is 11.8. The molecule has 5 nitrogen and oxygen atoms in total. The predicted molar refractivity (Wildman–Crippen MR) is 75.6 cm³/mol. The van der Waals surface area contributed by atoms with Crippen LogP contribution in [0.1, 0.15) is 12.5 Å². The third kappa shape index (κ3) is 4.39. The standard InChI is InChI=1S/C15H19N3O2/c1-3-18(11-14(19)17-2)15(20)13(10-16)9-12-7-5-4-6-8-12/h4-8,13H,3,9,11H2,1-2H3,(H,17,19). The smallest absolute Gasteiger partial charge is 0.240 e. The van der Waals surface area contributed by atoms with Crippen LogP contribution in [-0.2, 0) is 16.0 Å². The van der Waals surface area contributed by atoms with E-state index in [2.05, 4.69) is 5.32 Å². The van der Waals surface area contributed by atoms with Crippen LogP contribution in [0.25, 0.3) is 0 Å². The summed E-state index contributed by atoms with van der Waals surface area (Å²) in [4.78, 5) is 25.1. The van der Waals surface area contributed by atoms with Crippen molar-refractivity contribution >= 4 is 11.8 Å². The summed E-state index contributed by atoms with van der Waals surface area (Å²) in [5.74, 6) is -1.30. The van der Waals surface area contributed by atoms with Crippen LogP contribution in [0.2, 0.25) is 0 Å². The molecule has 0 aromatic heterocycles. The van der Waals surface area contributed by atoms with Crippen LogP contribution in [0.4, 0.5) is 0 Å². The van der Waals surface area contributed by atoms with Gasteiger partial charge in [0.05, 0.1) is 12.6 Å². The Morgan fingerprint density at radius 2 is 2.00 bits per heavy atom. The van der Waals surface area contributed by atoms with Crippen molar-refractivity contribution in [3.63, 3.8) is 0 Å². The maximum atomic E-state index is 12.3. The zero-order valence-electron chi connectivity index (χ0n) is 11.8. The molecule has 0 heterocycles. The molecule has 1 N–H and O–H groups in total. The second-order valence-corrected chi connectivity index (χ2v) is 4.40. The molecule has 0 radical (unpaired) electrons. The van der Waals surface area contributed by atoms with Crippen LogP contribution >= 0.6 is 0 Å². The van der Waals surface area contributed by atoms with Gasteiger partial charge >= 0.3 is 0 Å². The van der Waals surface area contributed by atoms with Crippen molar-refractivity contribution in [2.24, 2.45) is 5.92 Å². The van der Waals surface area contributed by atoms with Crippen molar-refractivity contribution < 1.29 is 9.59 Å². The Hall–Kier alpha value is -2.35. The van der Waals surface area contributed by atoms with Crippen molar-refractivity contribution in [1.82, 2.24) is 10.2 Å². The molecule has 0 saturated carbocycles. The minimum Gasteiger partial charge on any atom is -0.358 e. The van der Waals surface area contributed by atoms with E-state index in [4.69, 9.17) is 0 Å². The molecule has 0 fully saturated rings. The van der Waals surface area contributed by atoms with Crippen molar-refractivity contribution in [2.75, 3.05) is 20.1 Å². The second-order valence-electron chi connectivity index (χ2n) is 4.40. The van der Waals surface area contributed by atoms with Crippen molar-refractivity contribution in [3.8, 4) is 6.07 Å². The topological polar surface area (TPSA) is 73.2 Å². The second kappa shape index (κ2) is 7.95. The Balaban J connectivity index is 2.75. The van der Waals surface area contributed by atoms with E-state index in [0.29, 0.717) is 13.0 Å². The van der Waals surface area contributed by atoms with E-state index < -0.39 is 5.92 Å². The molecule has 1 atom stereocenters. The number of nitriles is 1. The van der Waals surface area contributed by atoms with Crippen LogP contribution in [0.5, 0.6) is 0 Å². The molecule has 20 heavy (non-hydrogen) atoms. The fourth-order valence-corrected chi connectivity index (χ4v) is 1.86. The number of carbonyl (C=O) groups is 2. The van der Waals surface area contributed by atoms with E-state index in [1.165, 1.54) is 11.9 Å². The third-order valence-corrected chi connectivity index (χ3v) is 3.04. The van der Waals surface area contributed by atoms with E-state index in [1.54, 1.807) is 6.92 Å². The first kappa shape index (κ1) is 15.7. The van der Waals surface area contributed by atoms with E-state index >= 15 is 0 Å². The molecule has 0 aliphatic heterocycles. The van der Waals surface area contributed by atoms with Crippen molar-refractivity contribution in [1.29, 1.82) is 5.26 Å². The summed E-state index contributed by atoms with van der Waals surface area (Å²) in [6.45, 7) is 2.18. The van der Waals surface area contributed by atoms with Gasteiger partial charge in [0.2, 0.25) is 11.8 Å². The Morgan fingerprint density at radius 3 is 2.50 bits per heavy atom. The van der Waals surface area contributed by atoms with Crippen molar-refractivity contribution in [2.45, 2.75) is 13.3 Å². The van der Waals surface area contributed by atoms with Crippen LogP contribution in [0.3, 0.4) is 0 Å². The highest BCUT2D eigenvalue weighted by atomic mass is 16.2. The average molecular weight is 273 g/mol. The quantitative estimate of drug-likeness (QED) is 0.839. The van der Waals surface area contributed by atoms with Gasteiger partial charge in [-0.25, -0.2) is 0 Å². The number of benzene rings is 1. The Kier molecular flexibility index (Phi) is 6.24. The lowest BCUT2D eigenvalue weighted by molar-refractivity contribution is -0.137. The number of rotatable bonds is 6. The fourth-order valence-electron chi connectivity index (χ4n) is 1.86. The molecule has 2 amide bonds. The highest BCUT2D eigenvalue weighted by Crippen LogP contribution is 2.11. The lowest BCUT2D eigenvalue weighted by atomic mass is 9.99. The average Bonchev–Trinajstić information content (AvgIpc) is 2.50. The minimum absolute atomic E-state index is 0.0151. The number of hydrogen-bond donors (Lipinski definition) is 1. The highest BCUT2D eigenvalue weighted by Gasteiger charge is 2.24. The number of amides is 2. The molecule has 1 unspecified atom stereocenters. The summed E-state index contributed by atoms with van der Waals surface area (Å²) in [5.41, 5.74) is 0.934. The number of nitrogens with zero attached hydrogens (tertiary/aromatic N) is 2. The van der Waals surface area contributed by atoms with Gasteiger partial charge in [-0.2, -0.15) is 5.26 Å². The summed E-state index contributed by atoms with van der Waals surface area (Å²) < 4.78 is 0. The van der Waals surface area contributed by atoms with Gasteiger partial charge in [-0.05, 0) is 18.9 Å². The summed E-state index contributed by atoms with van der Waals surface area (Å²) in [6, 6.07) is 11.4. The highest BCUT2D eigenvalue weighted by molar-refractivity contribution is 5.87. The first-order chi connectivity index (χ1) is 9.62. The zero-order chi connectivity index (χ0) is 15.0. The molecular weight excluding hydrogens is 254 g/mol. The van der Waals surface area contributed by atoms with Gasteiger partial charge < -0.3 is 10.2 Å². The van der Waals surface area contributed by atoms with Gasteiger partial charge in [0.25, 0.3) is 0 Å². The summed E-state index contributed by atoms with van der Waals surface area (Å²) in [5, 5.41) is 11.7. The molecule has 0 spiro atoms. The molecule has 1 rings (SSSR count). The maximum absolute atomic E-state index is 12.3. The van der Waals surface area contributed by atoms with Gasteiger partial charge in [0.1, 0.15) is 5.92 Å². The molecule has 0 saturated heterocycles. The molecule has 1 aromatic carbocycles. The normalized spacial score (nSPS) is 11.2. The van der Waals surface area contributed by atoms with Crippen molar-refractivity contribution in [3.05, 3.63) is 35.9 Å². The molecule has 0 aliphatic carbocycles. The SMILES string of the molecule is CCN(CC(=O)NC)C(=O)C(C#N)Cc1ccccc1. The van der Waals surface area contributed by atoms with Crippen LogP contribution < -0.4 is 5.32 Å². The first-order valence-electron chi connectivity index (χ1n) is 6.55. The van der Waals surface area contributed by atoms with Crippen LogP contribution in [0, 0.1) is 17.2 Å². The molecule has 1 aromatic rings. The number of likely N-dealkylation sites (N-methyl/N-ethyl adjacent to an activating group) is 2. The van der Waals surface area contributed by atoms with Gasteiger partial charge in [-0.3, -0.25) is 9.59 Å². The Labute approximate surface area is 119 Å². The molecule has 106 valence electrons. The van der Waals surface area contributed by atoms with E-state index in [0.717, 1.165) is 5.56 Å². The first-order valence-corrected chi connectivity index (χ1v) is 6.55. The van der Waals surface area contributed by atoms with Gasteiger partial charge in [0.15, 0.2) is 0 Å². The third-order valence-electron chi connectivity index (χ3n) is 3.04. The molecular formula is C15H19N3O2. The number of hydrogen-bond acceptors (Lipinski definition) is 3. The minimum atomic E-state index is -0.762. The maximum Gasteiger partial charge on any atom is 0.240 e. The van der Waals surface area contributed by atoms with Gasteiger partial charge in [-0.15, -0.1) is 0 Å². The number of nitrogens with one attached hydrogen (secondary N) is 1. The van der Waals surface area contributed by atoms with Crippen LogP contribution in [0.15, 0.2) is 30.3 Å². The fraction of sp³-hybridized carbons (Fsp3) is 0.400. The molecule has 0 bridgehead atoms. The van der Waals surface area contributed by atoms with E-state index in [1.807, 2.05) is 36.4 Å². The van der Waals surface area contributed by atoms with Gasteiger partial charge in [-0.1, -0.05) is 30.3 Å². The Morgan fingerprint density at radius 1 is 1.35 bits per heavy atom.